The van der Waals surface area contributed by atoms with Crippen molar-refractivity contribution in [3.63, 3.8) is 0 Å². The van der Waals surface area contributed by atoms with Crippen molar-refractivity contribution in [3.05, 3.63) is 0 Å². The fourth-order valence-electron chi connectivity index (χ4n) is 4.70. The van der Waals surface area contributed by atoms with Gasteiger partial charge in [0.15, 0.2) is 0 Å². The molecule has 0 radical (unpaired) electrons. The van der Waals surface area contributed by atoms with Gasteiger partial charge >= 0.3 is 0 Å². The van der Waals surface area contributed by atoms with Crippen LogP contribution in [-0.4, -0.2) is 41.6 Å². The Morgan fingerprint density at radius 3 is 1.38 bits per heavy atom. The van der Waals surface area contributed by atoms with E-state index in [-0.39, 0.29) is 22.3 Å². The fraction of sp³-hybridized carbons (Fsp3) is 1.00. The smallest absolute Gasteiger partial charge is 0.209 e. The van der Waals surface area contributed by atoms with Gasteiger partial charge in [-0.05, 0) is 62.2 Å². The molecule has 0 saturated carbocycles. The van der Waals surface area contributed by atoms with Crippen LogP contribution < -0.4 is 10.3 Å². The standard InChI is InChI=1S/C23H50N2O5S2/c1-5-22(6-2,16-11-14-20-31(24,26)27)15-9-12-18-30-19-13-10-17-23(7-3,8-4)21-32(25,28)29/h5-21H2,1-4H3,(H2,24,26,27)(H2,25,28,29). The largest absolute Gasteiger partial charge is 0.381 e. The van der Waals surface area contributed by atoms with Crippen molar-refractivity contribution in [2.45, 2.75) is 111 Å². The van der Waals surface area contributed by atoms with Crippen LogP contribution in [0.25, 0.3) is 0 Å². The first-order chi connectivity index (χ1) is 14.9. The molecule has 0 spiro atoms. The monoisotopic (exact) mass is 498 g/mol. The lowest BCUT2D eigenvalue weighted by Crippen LogP contribution is -2.33. The lowest BCUT2D eigenvalue weighted by molar-refractivity contribution is 0.116. The zero-order chi connectivity index (χ0) is 24.7. The number of hydrogen-bond acceptors (Lipinski definition) is 5. The van der Waals surface area contributed by atoms with Crippen LogP contribution in [0, 0.1) is 10.8 Å². The van der Waals surface area contributed by atoms with Gasteiger partial charge in [-0.2, -0.15) is 0 Å². The summed E-state index contributed by atoms with van der Waals surface area (Å²) in [5.41, 5.74) is 0.0664. The van der Waals surface area contributed by atoms with Crippen molar-refractivity contribution in [3.8, 4) is 0 Å². The predicted octanol–water partition coefficient (Wildman–Crippen LogP) is 4.70. The molecule has 7 nitrogen and oxygen atoms in total. The molecule has 0 unspecified atom stereocenters. The van der Waals surface area contributed by atoms with Crippen molar-refractivity contribution in [2.24, 2.45) is 21.1 Å². The Hall–Kier alpha value is -0.220. The van der Waals surface area contributed by atoms with E-state index >= 15 is 0 Å². The van der Waals surface area contributed by atoms with Crippen molar-refractivity contribution in [1.29, 1.82) is 0 Å². The molecule has 0 aromatic heterocycles. The highest BCUT2D eigenvalue weighted by Crippen LogP contribution is 2.38. The molecular formula is C23H50N2O5S2. The van der Waals surface area contributed by atoms with E-state index in [0.29, 0.717) is 13.0 Å². The predicted molar refractivity (Wildman–Crippen MR) is 134 cm³/mol. The lowest BCUT2D eigenvalue weighted by Gasteiger charge is -2.32. The third-order valence-electron chi connectivity index (χ3n) is 7.38. The molecule has 32 heavy (non-hydrogen) atoms. The summed E-state index contributed by atoms with van der Waals surface area (Å²) >= 11 is 0. The molecule has 0 bridgehead atoms. The average Bonchev–Trinajstić information content (AvgIpc) is 2.71. The van der Waals surface area contributed by atoms with Gasteiger partial charge in [0.25, 0.3) is 0 Å². The van der Waals surface area contributed by atoms with Crippen molar-refractivity contribution < 1.29 is 21.6 Å². The van der Waals surface area contributed by atoms with Gasteiger partial charge < -0.3 is 4.74 Å². The summed E-state index contributed by atoms with van der Waals surface area (Å²) in [4.78, 5) is 0. The average molecular weight is 499 g/mol. The number of primary sulfonamides is 2. The Bertz CT molecular complexity index is 685. The maximum atomic E-state index is 11.6. The zero-order valence-corrected chi connectivity index (χ0v) is 22.7. The molecule has 0 saturated heterocycles. The Labute approximate surface area is 198 Å². The van der Waals surface area contributed by atoms with Gasteiger partial charge in [0, 0.05) is 13.2 Å². The van der Waals surface area contributed by atoms with Crippen LogP contribution in [0.4, 0.5) is 0 Å². The maximum Gasteiger partial charge on any atom is 0.209 e. The number of nitrogens with two attached hydrogens (primary N) is 2. The number of ether oxygens (including phenoxy) is 1. The molecule has 0 amide bonds. The Kier molecular flexibility index (Phi) is 15.5. The summed E-state index contributed by atoms with van der Waals surface area (Å²) in [7, 11) is -6.82. The molecule has 194 valence electrons. The molecule has 0 aliphatic carbocycles. The van der Waals surface area contributed by atoms with Crippen LogP contribution in [0.15, 0.2) is 0 Å². The quantitative estimate of drug-likeness (QED) is 0.221. The minimum Gasteiger partial charge on any atom is -0.381 e. The topological polar surface area (TPSA) is 130 Å². The van der Waals surface area contributed by atoms with E-state index in [2.05, 4.69) is 13.8 Å². The summed E-state index contributed by atoms with van der Waals surface area (Å²) in [6.07, 6.45) is 12.5. The minimum atomic E-state index is -3.46. The highest BCUT2D eigenvalue weighted by molar-refractivity contribution is 7.89. The second-order valence-electron chi connectivity index (χ2n) is 9.57. The van der Waals surface area contributed by atoms with E-state index in [1.807, 2.05) is 13.8 Å². The summed E-state index contributed by atoms with van der Waals surface area (Å²) in [5, 5.41) is 10.4. The Morgan fingerprint density at radius 2 is 1.00 bits per heavy atom. The lowest BCUT2D eigenvalue weighted by atomic mass is 9.74. The van der Waals surface area contributed by atoms with Gasteiger partial charge in [-0.25, -0.2) is 27.1 Å². The third-order valence-corrected chi connectivity index (χ3v) is 9.26. The molecule has 9 heteroatoms. The van der Waals surface area contributed by atoms with E-state index in [9.17, 15) is 16.8 Å². The number of sulfonamides is 2. The van der Waals surface area contributed by atoms with Gasteiger partial charge in [0.2, 0.25) is 20.0 Å². The second-order valence-corrected chi connectivity index (χ2v) is 12.9. The number of rotatable bonds is 21. The van der Waals surface area contributed by atoms with Crippen LogP contribution in [-0.2, 0) is 24.8 Å². The Morgan fingerprint density at radius 1 is 0.594 bits per heavy atom. The molecule has 0 aromatic rings. The van der Waals surface area contributed by atoms with Gasteiger partial charge in [0.05, 0.1) is 11.5 Å². The molecule has 0 aliphatic rings. The van der Waals surface area contributed by atoms with E-state index < -0.39 is 20.0 Å². The molecule has 0 heterocycles. The molecular weight excluding hydrogens is 448 g/mol. The van der Waals surface area contributed by atoms with Crippen LogP contribution in [0.5, 0.6) is 0 Å². The summed E-state index contributed by atoms with van der Waals surface area (Å²) in [6.45, 7) is 9.98. The maximum absolute atomic E-state index is 11.6. The van der Waals surface area contributed by atoms with E-state index in [1.165, 1.54) is 0 Å². The first kappa shape index (κ1) is 31.8. The first-order valence-corrected chi connectivity index (χ1v) is 15.9. The Balaban J connectivity index is 4.11. The third kappa shape index (κ3) is 14.8. The van der Waals surface area contributed by atoms with Crippen molar-refractivity contribution >= 4 is 20.0 Å². The van der Waals surface area contributed by atoms with Crippen molar-refractivity contribution in [2.75, 3.05) is 24.7 Å². The molecule has 0 fully saturated rings. The van der Waals surface area contributed by atoms with E-state index in [4.69, 9.17) is 15.0 Å². The molecule has 0 atom stereocenters. The zero-order valence-electron chi connectivity index (χ0n) is 21.0. The highest BCUT2D eigenvalue weighted by Gasteiger charge is 2.30. The second kappa shape index (κ2) is 15.6. The SMILES string of the molecule is CCC(CC)(CCCCOCCCCC(CC)(CC)CS(N)(=O)=O)CCCCS(N)(=O)=O. The van der Waals surface area contributed by atoms with Crippen molar-refractivity contribution in [1.82, 2.24) is 0 Å². The molecule has 0 aliphatic heterocycles. The first-order valence-electron chi connectivity index (χ1n) is 12.4. The minimum absolute atomic E-state index is 0.0620. The summed E-state index contributed by atoms with van der Waals surface area (Å²) in [5.74, 6) is 0.135. The summed E-state index contributed by atoms with van der Waals surface area (Å²) in [6, 6.07) is 0. The van der Waals surface area contributed by atoms with Gasteiger partial charge in [-0.15, -0.1) is 0 Å². The van der Waals surface area contributed by atoms with E-state index in [0.717, 1.165) is 83.7 Å². The molecule has 4 N–H and O–H groups in total. The fourth-order valence-corrected chi connectivity index (χ4v) is 6.71. The highest BCUT2D eigenvalue weighted by atomic mass is 32.2. The van der Waals surface area contributed by atoms with Crippen LogP contribution >= 0.6 is 0 Å². The van der Waals surface area contributed by atoms with E-state index in [1.54, 1.807) is 0 Å². The van der Waals surface area contributed by atoms with Crippen LogP contribution in [0.1, 0.15) is 111 Å². The van der Waals surface area contributed by atoms with Crippen LogP contribution in [0.2, 0.25) is 0 Å². The van der Waals surface area contributed by atoms with Gasteiger partial charge in [0.1, 0.15) is 0 Å². The summed E-state index contributed by atoms with van der Waals surface area (Å²) < 4.78 is 51.1. The number of unbranched alkanes of at least 4 members (excludes halogenated alkanes) is 3. The number of hydrogen-bond donors (Lipinski definition) is 2. The normalized spacial score (nSPS) is 13.6. The van der Waals surface area contributed by atoms with Crippen LogP contribution in [0.3, 0.4) is 0 Å². The molecule has 0 rings (SSSR count). The molecule has 0 aromatic carbocycles. The van der Waals surface area contributed by atoms with Gasteiger partial charge in [-0.3, -0.25) is 0 Å². The van der Waals surface area contributed by atoms with Gasteiger partial charge in [-0.1, -0.05) is 59.8 Å².